The molecule has 1 aromatic carbocycles. The summed E-state index contributed by atoms with van der Waals surface area (Å²) < 4.78 is 5.73. The molecule has 0 spiro atoms. The van der Waals surface area contributed by atoms with Gasteiger partial charge in [0.05, 0.1) is 18.4 Å². The standard InChI is InChI=1S/C17H26N2O3/c1-12(2)11-22-16-6-4-3-5-15(16)19-17(21)18-13-7-9-14(20)10-8-13/h3-6,12-14,20H,7-11H2,1-2H3,(H2,18,19,21). The number of aliphatic hydroxyl groups is 1. The third kappa shape index (κ3) is 5.22. The summed E-state index contributed by atoms with van der Waals surface area (Å²) in [4.78, 5) is 12.1. The first kappa shape index (κ1) is 16.6. The van der Waals surface area contributed by atoms with E-state index >= 15 is 0 Å². The van der Waals surface area contributed by atoms with Crippen LogP contribution in [0.5, 0.6) is 5.75 Å². The van der Waals surface area contributed by atoms with Crippen LogP contribution in [0.1, 0.15) is 39.5 Å². The van der Waals surface area contributed by atoms with Gasteiger partial charge in [-0.25, -0.2) is 4.79 Å². The number of aliphatic hydroxyl groups excluding tert-OH is 1. The fourth-order valence-corrected chi connectivity index (χ4v) is 2.52. The summed E-state index contributed by atoms with van der Waals surface area (Å²) in [6.07, 6.45) is 2.92. The molecule has 0 unspecified atom stereocenters. The van der Waals surface area contributed by atoms with Crippen LogP contribution in [0.15, 0.2) is 24.3 Å². The molecule has 3 N–H and O–H groups in total. The number of anilines is 1. The Labute approximate surface area is 132 Å². The summed E-state index contributed by atoms with van der Waals surface area (Å²) in [5, 5.41) is 15.3. The Bertz CT molecular complexity index is 483. The number of hydrogen-bond acceptors (Lipinski definition) is 3. The van der Waals surface area contributed by atoms with E-state index in [2.05, 4.69) is 24.5 Å². The van der Waals surface area contributed by atoms with Crippen LogP contribution in [0, 0.1) is 5.92 Å². The largest absolute Gasteiger partial charge is 0.491 e. The second-order valence-corrected chi connectivity index (χ2v) is 6.30. The van der Waals surface area contributed by atoms with E-state index in [-0.39, 0.29) is 18.2 Å². The Hall–Kier alpha value is -1.75. The zero-order valence-electron chi connectivity index (χ0n) is 13.3. The van der Waals surface area contributed by atoms with Gasteiger partial charge in [0.2, 0.25) is 0 Å². The number of hydrogen-bond donors (Lipinski definition) is 3. The van der Waals surface area contributed by atoms with Crippen LogP contribution in [-0.2, 0) is 0 Å². The topological polar surface area (TPSA) is 70.6 Å². The predicted molar refractivity (Wildman–Crippen MR) is 87.2 cm³/mol. The third-order valence-corrected chi connectivity index (χ3v) is 3.74. The lowest BCUT2D eigenvalue weighted by molar-refractivity contribution is 0.118. The summed E-state index contributed by atoms with van der Waals surface area (Å²) in [5.74, 6) is 1.11. The lowest BCUT2D eigenvalue weighted by Gasteiger charge is -2.26. The Morgan fingerprint density at radius 3 is 2.64 bits per heavy atom. The van der Waals surface area contributed by atoms with E-state index in [1.165, 1.54) is 0 Å². The van der Waals surface area contributed by atoms with Crippen molar-refractivity contribution in [3.05, 3.63) is 24.3 Å². The van der Waals surface area contributed by atoms with Crippen LogP contribution in [0.2, 0.25) is 0 Å². The molecule has 5 nitrogen and oxygen atoms in total. The van der Waals surface area contributed by atoms with Crippen molar-refractivity contribution < 1.29 is 14.6 Å². The van der Waals surface area contributed by atoms with Gasteiger partial charge in [-0.2, -0.15) is 0 Å². The maximum absolute atomic E-state index is 12.1. The number of ether oxygens (including phenoxy) is 1. The van der Waals surface area contributed by atoms with Gasteiger partial charge in [-0.1, -0.05) is 26.0 Å². The Morgan fingerprint density at radius 2 is 1.95 bits per heavy atom. The summed E-state index contributed by atoms with van der Waals surface area (Å²) in [5.41, 5.74) is 0.677. The van der Waals surface area contributed by atoms with Gasteiger partial charge in [0.15, 0.2) is 0 Å². The second-order valence-electron chi connectivity index (χ2n) is 6.30. The number of para-hydroxylation sites is 2. The smallest absolute Gasteiger partial charge is 0.319 e. The highest BCUT2D eigenvalue weighted by Gasteiger charge is 2.21. The molecule has 5 heteroatoms. The fourth-order valence-electron chi connectivity index (χ4n) is 2.52. The van der Waals surface area contributed by atoms with E-state index in [9.17, 15) is 9.90 Å². The van der Waals surface area contributed by atoms with Crippen molar-refractivity contribution in [3.63, 3.8) is 0 Å². The number of benzene rings is 1. The molecular formula is C17H26N2O3. The van der Waals surface area contributed by atoms with Gasteiger partial charge in [-0.3, -0.25) is 0 Å². The van der Waals surface area contributed by atoms with Crippen molar-refractivity contribution in [2.45, 2.75) is 51.7 Å². The third-order valence-electron chi connectivity index (χ3n) is 3.74. The molecule has 0 heterocycles. The SMILES string of the molecule is CC(C)COc1ccccc1NC(=O)NC1CCC(O)CC1. The van der Waals surface area contributed by atoms with Crippen molar-refractivity contribution in [1.29, 1.82) is 0 Å². The van der Waals surface area contributed by atoms with Gasteiger partial charge in [0, 0.05) is 6.04 Å². The second kappa shape index (κ2) is 8.03. The zero-order valence-corrected chi connectivity index (χ0v) is 13.3. The molecule has 0 aliphatic heterocycles. The summed E-state index contributed by atoms with van der Waals surface area (Å²) >= 11 is 0. The van der Waals surface area contributed by atoms with Crippen molar-refractivity contribution in [1.82, 2.24) is 5.32 Å². The van der Waals surface area contributed by atoms with Gasteiger partial charge in [-0.15, -0.1) is 0 Å². The van der Waals surface area contributed by atoms with Crippen LogP contribution in [0.25, 0.3) is 0 Å². The average Bonchev–Trinajstić information content (AvgIpc) is 2.48. The lowest BCUT2D eigenvalue weighted by Crippen LogP contribution is -2.40. The van der Waals surface area contributed by atoms with Crippen LogP contribution in [0.4, 0.5) is 10.5 Å². The quantitative estimate of drug-likeness (QED) is 0.782. The van der Waals surface area contributed by atoms with E-state index in [0.717, 1.165) is 25.7 Å². The van der Waals surface area contributed by atoms with E-state index in [4.69, 9.17) is 4.74 Å². The predicted octanol–water partition coefficient (Wildman–Crippen LogP) is 3.15. The average molecular weight is 306 g/mol. The number of amides is 2. The maximum Gasteiger partial charge on any atom is 0.319 e. The molecule has 122 valence electrons. The molecule has 1 aliphatic carbocycles. The molecular weight excluding hydrogens is 280 g/mol. The maximum atomic E-state index is 12.1. The highest BCUT2D eigenvalue weighted by molar-refractivity contribution is 5.91. The van der Waals surface area contributed by atoms with Crippen LogP contribution in [-0.4, -0.2) is 29.9 Å². The first-order chi connectivity index (χ1) is 10.5. The minimum absolute atomic E-state index is 0.132. The van der Waals surface area contributed by atoms with Crippen molar-refractivity contribution >= 4 is 11.7 Å². The Balaban J connectivity index is 1.88. The fraction of sp³-hybridized carbons (Fsp3) is 0.588. The number of rotatable bonds is 5. The van der Waals surface area contributed by atoms with Crippen LogP contribution in [0.3, 0.4) is 0 Å². The molecule has 0 bridgehead atoms. The van der Waals surface area contributed by atoms with E-state index in [1.807, 2.05) is 24.3 Å². The highest BCUT2D eigenvalue weighted by Crippen LogP contribution is 2.24. The van der Waals surface area contributed by atoms with Gasteiger partial charge in [-0.05, 0) is 43.7 Å². The molecule has 0 radical (unpaired) electrons. The molecule has 2 amide bonds. The van der Waals surface area contributed by atoms with Gasteiger partial charge < -0.3 is 20.5 Å². The van der Waals surface area contributed by atoms with Gasteiger partial charge in [0.25, 0.3) is 0 Å². The van der Waals surface area contributed by atoms with Crippen molar-refractivity contribution in [2.24, 2.45) is 5.92 Å². The minimum atomic E-state index is -0.220. The van der Waals surface area contributed by atoms with Crippen molar-refractivity contribution in [2.75, 3.05) is 11.9 Å². The number of carbonyl (C=O) groups is 1. The van der Waals surface area contributed by atoms with Crippen LogP contribution >= 0.6 is 0 Å². The number of nitrogens with one attached hydrogen (secondary N) is 2. The first-order valence-corrected chi connectivity index (χ1v) is 8.02. The normalized spacial score (nSPS) is 21.5. The molecule has 1 aliphatic rings. The zero-order chi connectivity index (χ0) is 15.9. The summed E-state index contributed by atoms with van der Waals surface area (Å²) in [7, 11) is 0. The Morgan fingerprint density at radius 1 is 1.27 bits per heavy atom. The van der Waals surface area contributed by atoms with Gasteiger partial charge >= 0.3 is 6.03 Å². The molecule has 1 fully saturated rings. The molecule has 0 atom stereocenters. The van der Waals surface area contributed by atoms with Crippen molar-refractivity contribution in [3.8, 4) is 5.75 Å². The molecule has 1 saturated carbocycles. The number of urea groups is 1. The van der Waals surface area contributed by atoms with E-state index in [0.29, 0.717) is 24.0 Å². The molecule has 0 aromatic heterocycles. The number of carbonyl (C=O) groups excluding carboxylic acids is 1. The van der Waals surface area contributed by atoms with Gasteiger partial charge in [0.1, 0.15) is 5.75 Å². The minimum Gasteiger partial charge on any atom is -0.491 e. The molecule has 2 rings (SSSR count). The van der Waals surface area contributed by atoms with E-state index in [1.54, 1.807) is 0 Å². The first-order valence-electron chi connectivity index (χ1n) is 8.02. The highest BCUT2D eigenvalue weighted by atomic mass is 16.5. The van der Waals surface area contributed by atoms with E-state index < -0.39 is 0 Å². The molecule has 22 heavy (non-hydrogen) atoms. The molecule has 1 aromatic rings. The summed E-state index contributed by atoms with van der Waals surface area (Å²) in [6, 6.07) is 7.36. The van der Waals surface area contributed by atoms with Crippen LogP contribution < -0.4 is 15.4 Å². The lowest BCUT2D eigenvalue weighted by atomic mass is 9.93. The summed E-state index contributed by atoms with van der Waals surface area (Å²) in [6.45, 7) is 4.78. The Kier molecular flexibility index (Phi) is 6.07. The monoisotopic (exact) mass is 306 g/mol. The molecule has 0 saturated heterocycles.